The lowest BCUT2D eigenvalue weighted by Crippen LogP contribution is -2.28. The molecule has 0 bridgehead atoms. The van der Waals surface area contributed by atoms with E-state index >= 15 is 0 Å². The van der Waals surface area contributed by atoms with Gasteiger partial charge < -0.3 is 9.88 Å². The predicted octanol–water partition coefficient (Wildman–Crippen LogP) is 5.41. The first-order chi connectivity index (χ1) is 13.6. The summed E-state index contributed by atoms with van der Waals surface area (Å²) >= 11 is 0. The number of rotatable bonds is 7. The lowest BCUT2D eigenvalue weighted by molar-refractivity contribution is 0.102. The first kappa shape index (κ1) is 20.4. The van der Waals surface area contributed by atoms with Crippen LogP contribution in [0.4, 0.5) is 5.69 Å². The minimum Gasteiger partial charge on any atom is -0.350 e. The zero-order chi connectivity index (χ0) is 19.9. The molecule has 28 heavy (non-hydrogen) atoms. The number of para-hydroxylation sites is 1. The number of benzene rings is 1. The second-order valence-electron chi connectivity index (χ2n) is 8.11. The smallest absolute Gasteiger partial charge is 0.261 e. The summed E-state index contributed by atoms with van der Waals surface area (Å²) in [6.07, 6.45) is 10.8. The third-order valence-corrected chi connectivity index (χ3v) is 6.05. The topological polar surface area (TPSA) is 51.1 Å². The SMILES string of the molecule is CCCCC1CCCCC1Cn1cc(C(=O)Nc2ccccc2)c(=O)cc1C. The molecule has 3 rings (SSSR count). The average molecular weight is 381 g/mol. The maximum atomic E-state index is 12.7. The molecule has 1 N–H and O–H groups in total. The van der Waals surface area contributed by atoms with Crippen LogP contribution in [0.15, 0.2) is 47.4 Å². The highest BCUT2D eigenvalue weighted by molar-refractivity contribution is 6.03. The van der Waals surface area contributed by atoms with E-state index in [2.05, 4.69) is 16.8 Å². The number of aromatic nitrogens is 1. The molecular formula is C24H32N2O2. The maximum Gasteiger partial charge on any atom is 0.261 e. The molecule has 0 spiro atoms. The third-order valence-electron chi connectivity index (χ3n) is 6.05. The molecule has 1 aliphatic carbocycles. The predicted molar refractivity (Wildman–Crippen MR) is 115 cm³/mol. The van der Waals surface area contributed by atoms with Gasteiger partial charge in [-0.05, 0) is 37.3 Å². The molecule has 2 unspecified atom stereocenters. The summed E-state index contributed by atoms with van der Waals surface area (Å²) in [4.78, 5) is 25.1. The van der Waals surface area contributed by atoms with Crippen molar-refractivity contribution in [2.75, 3.05) is 5.32 Å². The minimum atomic E-state index is -0.337. The van der Waals surface area contributed by atoms with Crippen LogP contribution in [-0.2, 0) is 6.54 Å². The van der Waals surface area contributed by atoms with Crippen molar-refractivity contribution in [3.8, 4) is 0 Å². The van der Waals surface area contributed by atoms with Crippen molar-refractivity contribution >= 4 is 11.6 Å². The van der Waals surface area contributed by atoms with E-state index in [1.165, 1.54) is 44.9 Å². The molecule has 4 nitrogen and oxygen atoms in total. The summed E-state index contributed by atoms with van der Waals surface area (Å²) in [5.41, 5.74) is 1.63. The molecule has 0 aliphatic heterocycles. The van der Waals surface area contributed by atoms with E-state index in [0.717, 1.165) is 18.2 Å². The molecule has 1 saturated carbocycles. The molecule has 1 amide bonds. The Labute approximate surface area is 168 Å². The van der Waals surface area contributed by atoms with Crippen LogP contribution in [0.5, 0.6) is 0 Å². The van der Waals surface area contributed by atoms with Gasteiger partial charge in [-0.3, -0.25) is 9.59 Å². The molecule has 1 fully saturated rings. The van der Waals surface area contributed by atoms with Crippen LogP contribution < -0.4 is 10.7 Å². The van der Waals surface area contributed by atoms with E-state index in [1.54, 1.807) is 12.3 Å². The Bertz CT molecular complexity index is 841. The highest BCUT2D eigenvalue weighted by Gasteiger charge is 2.25. The number of carbonyl (C=O) groups is 1. The zero-order valence-corrected chi connectivity index (χ0v) is 17.1. The van der Waals surface area contributed by atoms with Crippen molar-refractivity contribution < 1.29 is 4.79 Å². The fourth-order valence-corrected chi connectivity index (χ4v) is 4.38. The van der Waals surface area contributed by atoms with Gasteiger partial charge in [0.15, 0.2) is 5.43 Å². The molecule has 4 heteroatoms. The van der Waals surface area contributed by atoms with Crippen molar-refractivity contribution in [3.63, 3.8) is 0 Å². The van der Waals surface area contributed by atoms with Crippen LogP contribution in [0, 0.1) is 18.8 Å². The Hall–Kier alpha value is -2.36. The summed E-state index contributed by atoms with van der Waals surface area (Å²) in [5, 5.41) is 2.83. The van der Waals surface area contributed by atoms with Gasteiger partial charge in [0, 0.05) is 30.2 Å². The molecule has 150 valence electrons. The number of amides is 1. The van der Waals surface area contributed by atoms with Crippen molar-refractivity contribution in [2.24, 2.45) is 11.8 Å². The lowest BCUT2D eigenvalue weighted by atomic mass is 9.76. The van der Waals surface area contributed by atoms with E-state index < -0.39 is 0 Å². The second kappa shape index (κ2) is 9.72. The van der Waals surface area contributed by atoms with Crippen LogP contribution in [-0.4, -0.2) is 10.5 Å². The number of aryl methyl sites for hydroxylation is 1. The van der Waals surface area contributed by atoms with Gasteiger partial charge in [0.1, 0.15) is 5.56 Å². The van der Waals surface area contributed by atoms with E-state index in [0.29, 0.717) is 11.6 Å². The Morgan fingerprint density at radius 3 is 2.57 bits per heavy atom. The van der Waals surface area contributed by atoms with Crippen molar-refractivity contribution in [1.82, 2.24) is 4.57 Å². The number of unbranched alkanes of at least 4 members (excludes halogenated alkanes) is 1. The van der Waals surface area contributed by atoms with Gasteiger partial charge in [-0.1, -0.05) is 63.6 Å². The molecule has 1 aliphatic rings. The van der Waals surface area contributed by atoms with Crippen LogP contribution in [0.3, 0.4) is 0 Å². The molecule has 2 aromatic rings. The van der Waals surface area contributed by atoms with Crippen LogP contribution >= 0.6 is 0 Å². The molecule has 1 aromatic carbocycles. The van der Waals surface area contributed by atoms with E-state index in [9.17, 15) is 9.59 Å². The highest BCUT2D eigenvalue weighted by atomic mass is 16.2. The standard InChI is InChI=1S/C24H32N2O2/c1-3-4-10-19-11-8-9-12-20(19)16-26-17-22(23(27)15-18(26)2)24(28)25-21-13-6-5-7-14-21/h5-7,13-15,17,19-20H,3-4,8-12,16H2,1-2H3,(H,25,28). The summed E-state index contributed by atoms with van der Waals surface area (Å²) in [6, 6.07) is 10.9. The molecule has 1 heterocycles. The molecule has 0 radical (unpaired) electrons. The normalized spacial score (nSPS) is 19.4. The quantitative estimate of drug-likeness (QED) is 0.698. The van der Waals surface area contributed by atoms with Gasteiger partial charge >= 0.3 is 0 Å². The number of hydrogen-bond donors (Lipinski definition) is 1. The monoisotopic (exact) mass is 380 g/mol. The summed E-state index contributed by atoms with van der Waals surface area (Å²) in [5.74, 6) is 1.05. The first-order valence-corrected chi connectivity index (χ1v) is 10.7. The molecule has 0 saturated heterocycles. The van der Waals surface area contributed by atoms with E-state index in [4.69, 9.17) is 0 Å². The average Bonchev–Trinajstić information content (AvgIpc) is 2.70. The number of nitrogens with one attached hydrogen (secondary N) is 1. The largest absolute Gasteiger partial charge is 0.350 e. The van der Waals surface area contributed by atoms with Crippen LogP contribution in [0.2, 0.25) is 0 Å². The van der Waals surface area contributed by atoms with E-state index in [1.807, 2.05) is 37.3 Å². The number of hydrogen-bond acceptors (Lipinski definition) is 2. The van der Waals surface area contributed by atoms with Crippen molar-refractivity contribution in [3.05, 3.63) is 64.1 Å². The summed E-state index contributed by atoms with van der Waals surface area (Å²) in [6.45, 7) is 5.11. The first-order valence-electron chi connectivity index (χ1n) is 10.7. The Morgan fingerprint density at radius 1 is 1.14 bits per heavy atom. The van der Waals surface area contributed by atoms with Crippen LogP contribution in [0.25, 0.3) is 0 Å². The number of carbonyl (C=O) groups excluding carboxylic acids is 1. The van der Waals surface area contributed by atoms with E-state index in [-0.39, 0.29) is 16.9 Å². The fourth-order valence-electron chi connectivity index (χ4n) is 4.38. The Kier molecular flexibility index (Phi) is 7.07. The number of pyridine rings is 1. The minimum absolute atomic E-state index is 0.214. The van der Waals surface area contributed by atoms with Gasteiger partial charge in [0.2, 0.25) is 0 Å². The van der Waals surface area contributed by atoms with Gasteiger partial charge in [0.25, 0.3) is 5.91 Å². The van der Waals surface area contributed by atoms with Crippen molar-refractivity contribution in [1.29, 1.82) is 0 Å². The Morgan fingerprint density at radius 2 is 1.86 bits per heavy atom. The molecule has 2 atom stereocenters. The maximum absolute atomic E-state index is 12.7. The van der Waals surface area contributed by atoms with Gasteiger partial charge in [-0.2, -0.15) is 0 Å². The molecule has 1 aromatic heterocycles. The Balaban J connectivity index is 1.78. The van der Waals surface area contributed by atoms with Gasteiger partial charge in [-0.25, -0.2) is 0 Å². The summed E-state index contributed by atoms with van der Waals surface area (Å²) in [7, 11) is 0. The fraction of sp³-hybridized carbons (Fsp3) is 0.500. The molecular weight excluding hydrogens is 348 g/mol. The van der Waals surface area contributed by atoms with Crippen LogP contribution in [0.1, 0.15) is 67.9 Å². The highest BCUT2D eigenvalue weighted by Crippen LogP contribution is 2.34. The number of anilines is 1. The second-order valence-corrected chi connectivity index (χ2v) is 8.11. The van der Waals surface area contributed by atoms with Gasteiger partial charge in [0.05, 0.1) is 0 Å². The number of nitrogens with zero attached hydrogens (tertiary/aromatic N) is 1. The zero-order valence-electron chi connectivity index (χ0n) is 17.1. The van der Waals surface area contributed by atoms with Gasteiger partial charge in [-0.15, -0.1) is 0 Å². The lowest BCUT2D eigenvalue weighted by Gasteiger charge is -2.33. The summed E-state index contributed by atoms with van der Waals surface area (Å²) < 4.78 is 2.12. The third kappa shape index (κ3) is 5.12. The van der Waals surface area contributed by atoms with Crippen molar-refractivity contribution in [2.45, 2.75) is 65.3 Å².